The first-order valence-corrected chi connectivity index (χ1v) is 23.1. The van der Waals surface area contributed by atoms with Gasteiger partial charge >= 0.3 is 6.01 Å². The summed E-state index contributed by atoms with van der Waals surface area (Å²) in [6.07, 6.45) is -2.90. The summed E-state index contributed by atoms with van der Waals surface area (Å²) in [5, 5.41) is 32.3. The molecule has 1 saturated carbocycles. The van der Waals surface area contributed by atoms with E-state index in [0.717, 1.165) is 12.1 Å². The second-order valence-electron chi connectivity index (χ2n) is 18.0. The maximum atomic E-state index is 16.0. The fourth-order valence-corrected chi connectivity index (χ4v) is 10.7. The largest absolute Gasteiger partial charge is 0.405 e. The quantitative estimate of drug-likeness (QED) is 0.0752. The number of aryl methyl sites for hydroxylation is 1. The molecule has 2 aromatic carbocycles. The van der Waals surface area contributed by atoms with Gasteiger partial charge in [0.05, 0.1) is 44.7 Å². The lowest BCUT2D eigenvalue weighted by molar-refractivity contribution is -0.123. The first-order chi connectivity index (χ1) is 31.9. The average molecular weight is 980 g/mol. The highest BCUT2D eigenvalue weighted by Crippen LogP contribution is 2.57. The third kappa shape index (κ3) is 8.34. The Labute approximate surface area is 389 Å². The SMILES string of the molecule is Cn1nc(Nc2nnc(C(C)(C)O)o2)c2c(Cl)ccc(-c3ccc(C#CC(C)(C)S(=O)(=O)C4CC4)nc3[C@H](Cc3cc(F)cc(F)c3)NC(=O)Cn3nc(C(F)F)c4c3C(F)(F)[C@@H]3CC#C[C@H]43)c21. The molecule has 354 valence electrons. The van der Waals surface area contributed by atoms with E-state index in [1.54, 1.807) is 25.2 Å². The van der Waals surface area contributed by atoms with Crippen LogP contribution in [0.5, 0.6) is 0 Å². The van der Waals surface area contributed by atoms with Crippen LogP contribution in [0.4, 0.5) is 38.2 Å². The lowest BCUT2D eigenvalue weighted by Crippen LogP contribution is -2.35. The molecule has 3 aliphatic carbocycles. The van der Waals surface area contributed by atoms with Gasteiger partial charge in [-0.05, 0) is 88.8 Å². The number of carbonyl (C=O) groups excluding carboxylic acids is 1. The van der Waals surface area contributed by atoms with Crippen LogP contribution in [0.1, 0.15) is 105 Å². The standard InChI is InChI=1S/C46H40ClF6N9O5S/c1-44(2,68(65,66)26-10-11-26)16-15-25-9-12-27(28-13-14-31(47)35-38(28)61(5)60-41(35)56-43-58-57-42(67-43)45(3,4)64)36(54-25)32(19-22-17-23(48)20-24(49)18-22)55-33(63)21-62-39-34(37(59-62)40(50)51)29-7-6-8-30(29)46(39,52)53/h9,12-14,17-18,20,26,29-30,32,40,64H,8,10-11,19,21H2,1-5H3,(H,55,63)(H,56,58,60)/t29-,30+,32-/m0/s1. The summed E-state index contributed by atoms with van der Waals surface area (Å²) in [4.78, 5) is 19.1. The van der Waals surface area contributed by atoms with E-state index in [1.165, 1.54) is 38.4 Å². The predicted molar refractivity (Wildman–Crippen MR) is 235 cm³/mol. The third-order valence-corrected chi connectivity index (χ3v) is 15.3. The zero-order chi connectivity index (χ0) is 48.8. The summed E-state index contributed by atoms with van der Waals surface area (Å²) in [6.45, 7) is 4.86. The molecule has 3 aliphatic rings. The monoisotopic (exact) mass is 979 g/mol. The highest BCUT2D eigenvalue weighted by molar-refractivity contribution is 7.93. The minimum Gasteiger partial charge on any atom is -0.405 e. The zero-order valence-corrected chi connectivity index (χ0v) is 38.3. The molecule has 1 fully saturated rings. The van der Waals surface area contributed by atoms with E-state index in [-0.39, 0.29) is 58.1 Å². The molecule has 0 unspecified atom stereocenters. The van der Waals surface area contributed by atoms with E-state index in [0.29, 0.717) is 40.1 Å². The van der Waals surface area contributed by atoms with Crippen molar-refractivity contribution in [3.05, 3.63) is 98.9 Å². The van der Waals surface area contributed by atoms with Gasteiger partial charge in [-0.15, -0.1) is 11.0 Å². The van der Waals surface area contributed by atoms with E-state index < -0.39 is 96.7 Å². The lowest BCUT2D eigenvalue weighted by Gasteiger charge is -2.23. The molecule has 3 atom stereocenters. The number of sulfone groups is 1. The molecule has 0 saturated heterocycles. The Balaban J connectivity index is 1.19. The summed E-state index contributed by atoms with van der Waals surface area (Å²) >= 11 is 6.82. The van der Waals surface area contributed by atoms with E-state index in [1.807, 2.05) is 0 Å². The predicted octanol–water partition coefficient (Wildman–Crippen LogP) is 8.07. The number of hydrogen-bond donors (Lipinski definition) is 3. The summed E-state index contributed by atoms with van der Waals surface area (Å²) in [7, 11) is -2.09. The van der Waals surface area contributed by atoms with Crippen LogP contribution in [-0.4, -0.2) is 64.2 Å². The highest BCUT2D eigenvalue weighted by Gasteiger charge is 2.59. The summed E-state index contributed by atoms with van der Waals surface area (Å²) in [5.74, 6) is 1.64. The van der Waals surface area contributed by atoms with Crippen molar-refractivity contribution < 1.29 is 49.1 Å². The maximum Gasteiger partial charge on any atom is 0.321 e. The van der Waals surface area contributed by atoms with Gasteiger partial charge in [-0.2, -0.15) is 19.0 Å². The van der Waals surface area contributed by atoms with Crippen LogP contribution in [0, 0.1) is 41.2 Å². The average Bonchev–Trinajstić information content (AvgIpc) is 3.54. The molecule has 22 heteroatoms. The third-order valence-electron chi connectivity index (χ3n) is 12.1. The lowest BCUT2D eigenvalue weighted by atomic mass is 9.93. The summed E-state index contributed by atoms with van der Waals surface area (Å²) in [6, 6.07) is 7.40. The number of hydrogen-bond acceptors (Lipinski definition) is 11. The Morgan fingerprint density at radius 3 is 2.41 bits per heavy atom. The Morgan fingerprint density at radius 1 is 1.04 bits per heavy atom. The van der Waals surface area contributed by atoms with Crippen molar-refractivity contribution in [2.24, 2.45) is 13.0 Å². The topological polar surface area (TPSA) is 183 Å². The second kappa shape index (κ2) is 16.7. The van der Waals surface area contributed by atoms with Gasteiger partial charge in [0.15, 0.2) is 15.7 Å². The number of rotatable bonds is 13. The smallest absolute Gasteiger partial charge is 0.321 e. The molecule has 0 radical (unpaired) electrons. The van der Waals surface area contributed by atoms with Gasteiger partial charge in [-0.3, -0.25) is 19.5 Å². The van der Waals surface area contributed by atoms with Crippen molar-refractivity contribution in [1.29, 1.82) is 0 Å². The van der Waals surface area contributed by atoms with Crippen LogP contribution in [0.2, 0.25) is 5.02 Å². The Hall–Kier alpha value is -6.42. The number of aromatic nitrogens is 7. The molecule has 9 rings (SSSR count). The maximum absolute atomic E-state index is 16.0. The molecule has 4 heterocycles. The molecule has 0 spiro atoms. The second-order valence-corrected chi connectivity index (χ2v) is 21.1. The molecule has 1 amide bonds. The Morgan fingerprint density at radius 2 is 1.75 bits per heavy atom. The molecule has 68 heavy (non-hydrogen) atoms. The summed E-state index contributed by atoms with van der Waals surface area (Å²) in [5.41, 5.74) is -2.63. The summed E-state index contributed by atoms with van der Waals surface area (Å²) < 4.78 is 123. The van der Waals surface area contributed by atoms with Gasteiger partial charge in [0.25, 0.3) is 12.3 Å². The molecule has 0 aliphatic heterocycles. The molecule has 0 bridgehead atoms. The Kier molecular flexibility index (Phi) is 11.4. The first-order valence-electron chi connectivity index (χ1n) is 21.2. The number of carbonyl (C=O) groups is 1. The van der Waals surface area contributed by atoms with Gasteiger partial charge in [0.2, 0.25) is 11.8 Å². The highest BCUT2D eigenvalue weighted by atomic mass is 35.5. The fraction of sp³-hybridized carbons (Fsp3) is 0.391. The fourth-order valence-electron chi connectivity index (χ4n) is 8.69. The van der Waals surface area contributed by atoms with Crippen LogP contribution in [-0.2, 0) is 46.2 Å². The van der Waals surface area contributed by atoms with Crippen LogP contribution in [0.15, 0.2) is 46.9 Å². The number of alkyl halides is 4. The molecule has 14 nitrogen and oxygen atoms in total. The van der Waals surface area contributed by atoms with Crippen molar-refractivity contribution >= 4 is 50.1 Å². The van der Waals surface area contributed by atoms with Crippen molar-refractivity contribution in [2.75, 3.05) is 5.32 Å². The number of anilines is 2. The van der Waals surface area contributed by atoms with Crippen molar-refractivity contribution in [3.8, 4) is 34.8 Å². The van der Waals surface area contributed by atoms with E-state index in [9.17, 15) is 35.9 Å². The van der Waals surface area contributed by atoms with Gasteiger partial charge in [-0.25, -0.2) is 31.0 Å². The van der Waals surface area contributed by atoms with Crippen molar-refractivity contribution in [3.63, 3.8) is 0 Å². The molecule has 3 N–H and O–H groups in total. The molecule has 6 aromatic rings. The number of nitrogens with one attached hydrogen (secondary N) is 2. The molecular formula is C46H40ClF6N9O5S. The van der Waals surface area contributed by atoms with Crippen LogP contribution >= 0.6 is 11.6 Å². The van der Waals surface area contributed by atoms with E-state index >= 15 is 8.78 Å². The van der Waals surface area contributed by atoms with Gasteiger partial charge in [0.1, 0.15) is 45.6 Å². The minimum atomic E-state index is -3.69. The molecular weight excluding hydrogens is 940 g/mol. The number of nitrogens with zero attached hydrogens (tertiary/aromatic N) is 7. The van der Waals surface area contributed by atoms with E-state index in [4.69, 9.17) is 21.0 Å². The number of fused-ring (bicyclic) bond motifs is 4. The zero-order valence-electron chi connectivity index (χ0n) is 36.7. The first kappa shape index (κ1) is 46.7. The van der Waals surface area contributed by atoms with Crippen molar-refractivity contribution in [1.82, 2.24) is 40.1 Å². The number of pyridine rings is 1. The number of benzene rings is 2. The molecule has 4 aromatic heterocycles. The van der Waals surface area contributed by atoms with Crippen LogP contribution < -0.4 is 10.6 Å². The van der Waals surface area contributed by atoms with Crippen LogP contribution in [0.3, 0.4) is 0 Å². The minimum absolute atomic E-state index is 0.00201. The van der Waals surface area contributed by atoms with Crippen LogP contribution in [0.25, 0.3) is 22.0 Å². The Bertz CT molecular complexity index is 3280. The normalized spacial score (nSPS) is 17.9. The van der Waals surface area contributed by atoms with Crippen molar-refractivity contribution in [2.45, 2.75) is 99.8 Å². The van der Waals surface area contributed by atoms with Gasteiger partial charge < -0.3 is 14.8 Å². The van der Waals surface area contributed by atoms with Gasteiger partial charge in [0, 0.05) is 36.2 Å². The van der Waals surface area contributed by atoms with E-state index in [2.05, 4.69) is 54.7 Å². The van der Waals surface area contributed by atoms with Gasteiger partial charge in [-0.1, -0.05) is 34.6 Å². The number of halogens is 7. The number of aliphatic hydroxyl groups is 1. The number of amides is 1.